The van der Waals surface area contributed by atoms with E-state index in [1.165, 1.54) is 16.7 Å². The van der Waals surface area contributed by atoms with Gasteiger partial charge in [-0.2, -0.15) is 0 Å². The standard InChI is InChI=1S/C32H30N6O2/c1-20-29(21(2)40-36-20)31-33-13-12-28(35-31)38-16-14-37(15-17-38)19-23-8-6-22(7-9-23)18-24-10-11-27-30-25(24)4-3-5-26(30)32(39)34-27/h3-13H,14-19H2,1-2H3,(H,34,39). The SMILES string of the molecule is Cc1noc(C)c1-c1nccc(N2CCN(Cc3ccc(Cc4ccc5c6c(cccc46)C(=O)N5)cc3)CC2)n1. The molecule has 0 atom stereocenters. The summed E-state index contributed by atoms with van der Waals surface area (Å²) in [6, 6.07) is 21.1. The first-order chi connectivity index (χ1) is 19.5. The third-order valence-electron chi connectivity index (χ3n) is 8.04. The van der Waals surface area contributed by atoms with Crippen LogP contribution in [0.4, 0.5) is 11.5 Å². The van der Waals surface area contributed by atoms with Gasteiger partial charge in [-0.3, -0.25) is 9.69 Å². The number of aryl methyl sites for hydroxylation is 2. The summed E-state index contributed by atoms with van der Waals surface area (Å²) in [4.78, 5) is 26.4. The molecule has 5 aromatic rings. The molecule has 1 saturated heterocycles. The molecule has 2 aromatic heterocycles. The summed E-state index contributed by atoms with van der Waals surface area (Å²) in [5.74, 6) is 2.33. The Morgan fingerprint density at radius 1 is 0.925 bits per heavy atom. The molecule has 0 unspecified atom stereocenters. The number of benzene rings is 3. The second-order valence-corrected chi connectivity index (χ2v) is 10.6. The van der Waals surface area contributed by atoms with Crippen LogP contribution in [0.5, 0.6) is 0 Å². The van der Waals surface area contributed by atoms with Crippen molar-refractivity contribution in [3.8, 4) is 11.4 Å². The van der Waals surface area contributed by atoms with Gasteiger partial charge >= 0.3 is 0 Å². The van der Waals surface area contributed by atoms with Gasteiger partial charge in [-0.15, -0.1) is 0 Å². The molecule has 8 heteroatoms. The first-order valence-electron chi connectivity index (χ1n) is 13.7. The maximum atomic E-state index is 12.3. The lowest BCUT2D eigenvalue weighted by Crippen LogP contribution is -2.46. The molecule has 40 heavy (non-hydrogen) atoms. The fraction of sp³-hybridized carbons (Fsp3) is 0.250. The summed E-state index contributed by atoms with van der Waals surface area (Å²) in [6.45, 7) is 8.51. The first kappa shape index (κ1) is 24.5. The molecule has 1 amide bonds. The van der Waals surface area contributed by atoms with Crippen molar-refractivity contribution in [3.63, 3.8) is 0 Å². The highest BCUT2D eigenvalue weighted by molar-refractivity contribution is 6.24. The summed E-state index contributed by atoms with van der Waals surface area (Å²) in [5, 5.41) is 9.21. The number of hydrogen-bond donors (Lipinski definition) is 1. The maximum Gasteiger partial charge on any atom is 0.256 e. The highest BCUT2D eigenvalue weighted by Gasteiger charge is 2.23. The molecule has 1 fully saturated rings. The van der Waals surface area contributed by atoms with Gasteiger partial charge in [-0.25, -0.2) is 9.97 Å². The van der Waals surface area contributed by atoms with Crippen LogP contribution >= 0.6 is 0 Å². The number of rotatable bonds is 6. The van der Waals surface area contributed by atoms with E-state index < -0.39 is 0 Å². The fourth-order valence-corrected chi connectivity index (χ4v) is 5.93. The van der Waals surface area contributed by atoms with Crippen molar-refractivity contribution in [3.05, 3.63) is 101 Å². The topological polar surface area (TPSA) is 87.4 Å². The van der Waals surface area contributed by atoms with Gasteiger partial charge < -0.3 is 14.7 Å². The van der Waals surface area contributed by atoms with Crippen LogP contribution in [0.1, 0.15) is 38.5 Å². The summed E-state index contributed by atoms with van der Waals surface area (Å²) in [7, 11) is 0. The summed E-state index contributed by atoms with van der Waals surface area (Å²) >= 11 is 0. The second-order valence-electron chi connectivity index (χ2n) is 10.6. The maximum absolute atomic E-state index is 12.3. The third kappa shape index (κ3) is 4.40. The Morgan fingerprint density at radius 2 is 1.73 bits per heavy atom. The molecule has 0 radical (unpaired) electrons. The highest BCUT2D eigenvalue weighted by atomic mass is 16.5. The van der Waals surface area contributed by atoms with Crippen LogP contribution < -0.4 is 10.2 Å². The molecule has 0 bridgehead atoms. The van der Waals surface area contributed by atoms with Crippen molar-refractivity contribution in [1.82, 2.24) is 20.0 Å². The predicted octanol–water partition coefficient (Wildman–Crippen LogP) is 5.38. The van der Waals surface area contributed by atoms with Crippen molar-refractivity contribution in [2.45, 2.75) is 26.8 Å². The zero-order valence-electron chi connectivity index (χ0n) is 22.6. The van der Waals surface area contributed by atoms with E-state index in [0.29, 0.717) is 5.82 Å². The van der Waals surface area contributed by atoms with Crippen molar-refractivity contribution in [2.75, 3.05) is 36.4 Å². The molecule has 8 nitrogen and oxygen atoms in total. The number of amides is 1. The van der Waals surface area contributed by atoms with Gasteiger partial charge in [0, 0.05) is 55.6 Å². The van der Waals surface area contributed by atoms with Crippen LogP contribution in [-0.2, 0) is 13.0 Å². The minimum Gasteiger partial charge on any atom is -0.361 e. The number of carbonyl (C=O) groups excluding carboxylic acids is 1. The van der Waals surface area contributed by atoms with Crippen molar-refractivity contribution < 1.29 is 9.32 Å². The summed E-state index contributed by atoms with van der Waals surface area (Å²) < 4.78 is 5.31. The Kier molecular flexibility index (Phi) is 6.04. The molecule has 200 valence electrons. The minimum absolute atomic E-state index is 0.0123. The zero-order valence-corrected chi connectivity index (χ0v) is 22.6. The molecule has 1 N–H and O–H groups in total. The quantitative estimate of drug-likeness (QED) is 0.315. The molecule has 2 aliphatic rings. The second kappa shape index (κ2) is 9.88. The van der Waals surface area contributed by atoms with Crippen LogP contribution in [0, 0.1) is 13.8 Å². The summed E-state index contributed by atoms with van der Waals surface area (Å²) in [5.41, 5.74) is 7.19. The molecule has 0 spiro atoms. The lowest BCUT2D eigenvalue weighted by molar-refractivity contribution is 0.103. The molecule has 4 heterocycles. The molecule has 0 saturated carbocycles. The monoisotopic (exact) mass is 530 g/mol. The Bertz CT molecular complexity index is 1720. The van der Waals surface area contributed by atoms with E-state index in [0.717, 1.165) is 84.0 Å². The zero-order chi connectivity index (χ0) is 27.2. The number of aromatic nitrogens is 3. The lowest BCUT2D eigenvalue weighted by Gasteiger charge is -2.35. The van der Waals surface area contributed by atoms with E-state index in [4.69, 9.17) is 9.51 Å². The van der Waals surface area contributed by atoms with Gasteiger partial charge in [0.25, 0.3) is 5.91 Å². The van der Waals surface area contributed by atoms with Crippen molar-refractivity contribution >= 4 is 28.2 Å². The average molecular weight is 531 g/mol. The van der Waals surface area contributed by atoms with Gasteiger partial charge in [0.05, 0.1) is 11.3 Å². The number of piperazine rings is 1. The number of hydrogen-bond acceptors (Lipinski definition) is 7. The Balaban J connectivity index is 0.988. The minimum atomic E-state index is -0.0123. The molecule has 0 aliphatic carbocycles. The Morgan fingerprint density at radius 3 is 2.50 bits per heavy atom. The van der Waals surface area contributed by atoms with Crippen LogP contribution in [0.25, 0.3) is 22.2 Å². The van der Waals surface area contributed by atoms with E-state index in [1.807, 2.05) is 44.3 Å². The number of carbonyl (C=O) groups is 1. The van der Waals surface area contributed by atoms with Gasteiger partial charge in [0.15, 0.2) is 5.82 Å². The van der Waals surface area contributed by atoms with Gasteiger partial charge in [0.1, 0.15) is 11.6 Å². The lowest BCUT2D eigenvalue weighted by atomic mass is 9.95. The number of anilines is 2. The molecular formula is C32H30N6O2. The molecular weight excluding hydrogens is 500 g/mol. The van der Waals surface area contributed by atoms with Crippen molar-refractivity contribution in [1.29, 1.82) is 0 Å². The van der Waals surface area contributed by atoms with E-state index in [2.05, 4.69) is 61.7 Å². The Labute approximate surface area is 232 Å². The van der Waals surface area contributed by atoms with Crippen LogP contribution in [0.3, 0.4) is 0 Å². The number of nitrogens with zero attached hydrogens (tertiary/aromatic N) is 5. The van der Waals surface area contributed by atoms with Crippen molar-refractivity contribution in [2.24, 2.45) is 0 Å². The normalized spacial score (nSPS) is 15.2. The van der Waals surface area contributed by atoms with Gasteiger partial charge in [-0.05, 0) is 60.5 Å². The highest BCUT2D eigenvalue weighted by Crippen LogP contribution is 2.35. The van der Waals surface area contributed by atoms with Crippen LogP contribution in [-0.4, -0.2) is 52.1 Å². The van der Waals surface area contributed by atoms with E-state index in [-0.39, 0.29) is 5.91 Å². The Hall–Kier alpha value is -4.56. The van der Waals surface area contributed by atoms with Gasteiger partial charge in [0.2, 0.25) is 0 Å². The smallest absolute Gasteiger partial charge is 0.256 e. The first-order valence-corrected chi connectivity index (χ1v) is 13.7. The van der Waals surface area contributed by atoms with E-state index in [9.17, 15) is 4.79 Å². The van der Waals surface area contributed by atoms with E-state index >= 15 is 0 Å². The third-order valence-corrected chi connectivity index (χ3v) is 8.04. The molecule has 2 aliphatic heterocycles. The van der Waals surface area contributed by atoms with E-state index in [1.54, 1.807) is 0 Å². The predicted molar refractivity (Wildman–Crippen MR) is 156 cm³/mol. The largest absolute Gasteiger partial charge is 0.361 e. The number of nitrogens with one attached hydrogen (secondary N) is 1. The molecule has 3 aromatic carbocycles. The molecule has 7 rings (SSSR count). The average Bonchev–Trinajstić information content (AvgIpc) is 3.50. The summed E-state index contributed by atoms with van der Waals surface area (Å²) in [6.07, 6.45) is 2.65. The van der Waals surface area contributed by atoms with Gasteiger partial charge in [-0.1, -0.05) is 47.6 Å². The van der Waals surface area contributed by atoms with Crippen LogP contribution in [0.2, 0.25) is 0 Å². The van der Waals surface area contributed by atoms with Crippen LogP contribution in [0.15, 0.2) is 71.4 Å². The fourth-order valence-electron chi connectivity index (χ4n) is 5.93.